The molecular formula is C15H22N4O2. The quantitative estimate of drug-likeness (QED) is 0.892. The van der Waals surface area contributed by atoms with Crippen LogP contribution in [-0.4, -0.2) is 48.4 Å². The summed E-state index contributed by atoms with van der Waals surface area (Å²) >= 11 is 0. The van der Waals surface area contributed by atoms with Crippen LogP contribution in [-0.2, 0) is 4.79 Å². The van der Waals surface area contributed by atoms with Gasteiger partial charge in [0, 0.05) is 26.3 Å². The van der Waals surface area contributed by atoms with Crippen molar-refractivity contribution in [3.8, 4) is 0 Å². The van der Waals surface area contributed by atoms with E-state index >= 15 is 0 Å². The Morgan fingerprint density at radius 3 is 2.57 bits per heavy atom. The topological polar surface area (TPSA) is 79.5 Å². The molecule has 114 valence electrons. The summed E-state index contributed by atoms with van der Waals surface area (Å²) in [5, 5.41) is 0. The first-order valence-corrected chi connectivity index (χ1v) is 7.22. The van der Waals surface area contributed by atoms with E-state index in [1.165, 1.54) is 0 Å². The molecule has 1 aromatic heterocycles. The summed E-state index contributed by atoms with van der Waals surface area (Å²) in [4.78, 5) is 31.0. The monoisotopic (exact) mass is 290 g/mol. The molecule has 1 fully saturated rings. The maximum atomic E-state index is 12.4. The zero-order valence-electron chi connectivity index (χ0n) is 12.6. The smallest absolute Gasteiger partial charge is 0.255 e. The lowest BCUT2D eigenvalue weighted by Crippen LogP contribution is -2.38. The highest BCUT2D eigenvalue weighted by Crippen LogP contribution is 2.18. The number of carbonyl (C=O) groups is 2. The van der Waals surface area contributed by atoms with Gasteiger partial charge in [-0.15, -0.1) is 0 Å². The van der Waals surface area contributed by atoms with Gasteiger partial charge in [-0.25, -0.2) is 4.98 Å². The van der Waals surface area contributed by atoms with E-state index < -0.39 is 5.91 Å². The van der Waals surface area contributed by atoms with Crippen LogP contribution >= 0.6 is 0 Å². The Morgan fingerprint density at radius 2 is 2.05 bits per heavy atom. The number of primary amides is 1. The van der Waals surface area contributed by atoms with Crippen molar-refractivity contribution in [2.24, 2.45) is 11.7 Å². The molecule has 1 aliphatic rings. The molecule has 0 aliphatic carbocycles. The van der Waals surface area contributed by atoms with Gasteiger partial charge in [0.25, 0.3) is 5.91 Å². The van der Waals surface area contributed by atoms with E-state index in [0.717, 1.165) is 25.9 Å². The molecule has 1 aromatic rings. The number of rotatable bonds is 4. The van der Waals surface area contributed by atoms with E-state index in [0.29, 0.717) is 17.3 Å². The summed E-state index contributed by atoms with van der Waals surface area (Å²) < 4.78 is 0. The van der Waals surface area contributed by atoms with E-state index in [9.17, 15) is 9.59 Å². The van der Waals surface area contributed by atoms with Crippen LogP contribution in [0.5, 0.6) is 0 Å². The molecule has 0 spiro atoms. The van der Waals surface area contributed by atoms with Crippen molar-refractivity contribution in [2.75, 3.05) is 31.6 Å². The molecule has 0 atom stereocenters. The molecule has 6 nitrogen and oxygen atoms in total. The molecular weight excluding hydrogens is 268 g/mol. The maximum Gasteiger partial charge on any atom is 0.255 e. The van der Waals surface area contributed by atoms with Crippen molar-refractivity contribution in [2.45, 2.75) is 19.8 Å². The molecule has 21 heavy (non-hydrogen) atoms. The number of likely N-dealkylation sites (N-methyl/N-ethyl adjacent to an activating group) is 1. The lowest BCUT2D eigenvalue weighted by Gasteiger charge is -2.30. The number of nitrogens with zero attached hydrogens (tertiary/aromatic N) is 3. The maximum absolute atomic E-state index is 12.4. The fraction of sp³-hybridized carbons (Fsp3) is 0.533. The second-order valence-electron chi connectivity index (χ2n) is 5.70. The highest BCUT2D eigenvalue weighted by molar-refractivity contribution is 5.94. The Bertz CT molecular complexity index is 507. The second-order valence-corrected chi connectivity index (χ2v) is 5.70. The molecule has 1 aliphatic heterocycles. The lowest BCUT2D eigenvalue weighted by atomic mass is 9.99. The van der Waals surface area contributed by atoms with E-state index in [1.54, 1.807) is 30.3 Å². The minimum absolute atomic E-state index is 0.0264. The number of carbonyl (C=O) groups excluding carboxylic acids is 2. The molecule has 0 unspecified atom stereocenters. The average molecular weight is 290 g/mol. The highest BCUT2D eigenvalue weighted by Gasteiger charge is 2.21. The summed E-state index contributed by atoms with van der Waals surface area (Å²) in [6.07, 6.45) is 3.67. The van der Waals surface area contributed by atoms with Gasteiger partial charge >= 0.3 is 0 Å². The first-order chi connectivity index (χ1) is 9.97. The molecule has 0 saturated carbocycles. The minimum Gasteiger partial charge on any atom is -0.368 e. The number of nitrogens with two attached hydrogens (primary N) is 1. The van der Waals surface area contributed by atoms with Gasteiger partial charge in [0.1, 0.15) is 5.82 Å². The SMILES string of the molecule is CC1CCN(C(=O)c2ccc(N(C)CC(N)=O)nc2)CC1. The molecule has 0 radical (unpaired) electrons. The van der Waals surface area contributed by atoms with Crippen LogP contribution in [0.4, 0.5) is 5.82 Å². The van der Waals surface area contributed by atoms with Gasteiger partial charge in [-0.05, 0) is 30.9 Å². The zero-order valence-corrected chi connectivity index (χ0v) is 12.6. The van der Waals surface area contributed by atoms with Crippen molar-refractivity contribution in [3.63, 3.8) is 0 Å². The first-order valence-electron chi connectivity index (χ1n) is 7.22. The molecule has 2 rings (SSSR count). The minimum atomic E-state index is -0.415. The van der Waals surface area contributed by atoms with Gasteiger partial charge in [0.2, 0.25) is 5.91 Å². The summed E-state index contributed by atoms with van der Waals surface area (Å²) in [5.41, 5.74) is 5.73. The summed E-state index contributed by atoms with van der Waals surface area (Å²) in [5.74, 6) is 0.926. The number of hydrogen-bond acceptors (Lipinski definition) is 4. The first kappa shape index (κ1) is 15.3. The number of hydrogen-bond donors (Lipinski definition) is 1. The van der Waals surface area contributed by atoms with Crippen LogP contribution < -0.4 is 10.6 Å². The Hall–Kier alpha value is -2.11. The zero-order chi connectivity index (χ0) is 15.4. The van der Waals surface area contributed by atoms with Crippen LogP contribution in [0.3, 0.4) is 0 Å². The van der Waals surface area contributed by atoms with E-state index in [1.807, 2.05) is 4.90 Å². The third kappa shape index (κ3) is 3.93. The Morgan fingerprint density at radius 1 is 1.38 bits per heavy atom. The van der Waals surface area contributed by atoms with Gasteiger partial charge in [-0.2, -0.15) is 0 Å². The predicted octanol–water partition coefficient (Wildman–Crippen LogP) is 0.875. The van der Waals surface area contributed by atoms with Crippen LogP contribution in [0.1, 0.15) is 30.1 Å². The van der Waals surface area contributed by atoms with Crippen LogP contribution in [0.25, 0.3) is 0 Å². The van der Waals surface area contributed by atoms with Gasteiger partial charge < -0.3 is 15.5 Å². The van der Waals surface area contributed by atoms with Crippen molar-refractivity contribution in [3.05, 3.63) is 23.9 Å². The van der Waals surface area contributed by atoms with Gasteiger partial charge in [0.05, 0.1) is 12.1 Å². The number of pyridine rings is 1. The summed E-state index contributed by atoms with van der Waals surface area (Å²) in [6, 6.07) is 3.49. The Kier molecular flexibility index (Phi) is 4.77. The largest absolute Gasteiger partial charge is 0.368 e. The lowest BCUT2D eigenvalue weighted by molar-refractivity contribution is -0.116. The number of amides is 2. The third-order valence-corrected chi connectivity index (χ3v) is 3.85. The fourth-order valence-electron chi connectivity index (χ4n) is 2.45. The van der Waals surface area contributed by atoms with Gasteiger partial charge in [-0.1, -0.05) is 6.92 Å². The average Bonchev–Trinajstić information content (AvgIpc) is 2.47. The van der Waals surface area contributed by atoms with E-state index in [2.05, 4.69) is 11.9 Å². The molecule has 2 heterocycles. The fourth-order valence-corrected chi connectivity index (χ4v) is 2.45. The van der Waals surface area contributed by atoms with Gasteiger partial charge in [0.15, 0.2) is 0 Å². The Labute approximate surface area is 124 Å². The van der Waals surface area contributed by atoms with Crippen LogP contribution in [0.2, 0.25) is 0 Å². The summed E-state index contributed by atoms with van der Waals surface area (Å²) in [6.45, 7) is 3.93. The number of likely N-dealkylation sites (tertiary alicyclic amines) is 1. The van der Waals surface area contributed by atoms with Crippen molar-refractivity contribution < 1.29 is 9.59 Å². The summed E-state index contributed by atoms with van der Waals surface area (Å²) in [7, 11) is 1.74. The van der Waals surface area contributed by atoms with E-state index in [-0.39, 0.29) is 12.5 Å². The Balaban J connectivity index is 2.01. The molecule has 2 amide bonds. The number of aromatic nitrogens is 1. The van der Waals surface area contributed by atoms with Gasteiger partial charge in [-0.3, -0.25) is 9.59 Å². The standard InChI is InChI=1S/C15H22N4O2/c1-11-5-7-19(8-6-11)15(21)12-3-4-14(17-9-12)18(2)10-13(16)20/h3-4,9,11H,5-8,10H2,1-2H3,(H2,16,20). The van der Waals surface area contributed by atoms with Crippen molar-refractivity contribution in [1.82, 2.24) is 9.88 Å². The molecule has 0 bridgehead atoms. The number of piperidine rings is 1. The predicted molar refractivity (Wildman–Crippen MR) is 81.0 cm³/mol. The molecule has 2 N–H and O–H groups in total. The normalized spacial score (nSPS) is 15.8. The number of anilines is 1. The van der Waals surface area contributed by atoms with Crippen LogP contribution in [0.15, 0.2) is 18.3 Å². The highest BCUT2D eigenvalue weighted by atomic mass is 16.2. The molecule has 1 saturated heterocycles. The molecule has 6 heteroatoms. The van der Waals surface area contributed by atoms with Crippen molar-refractivity contribution >= 4 is 17.6 Å². The van der Waals surface area contributed by atoms with Crippen LogP contribution in [0, 0.1) is 5.92 Å². The third-order valence-electron chi connectivity index (χ3n) is 3.85. The second kappa shape index (κ2) is 6.56. The van der Waals surface area contributed by atoms with Crippen molar-refractivity contribution in [1.29, 1.82) is 0 Å². The van der Waals surface area contributed by atoms with E-state index in [4.69, 9.17) is 5.73 Å². The molecule has 0 aromatic carbocycles.